The number of thiophene rings is 1. The van der Waals surface area contributed by atoms with E-state index in [0.717, 1.165) is 22.2 Å². The van der Waals surface area contributed by atoms with Gasteiger partial charge in [-0.2, -0.15) is 0 Å². The Kier molecular flexibility index (Phi) is 5.94. The highest BCUT2D eigenvalue weighted by Gasteiger charge is 2.25. The van der Waals surface area contributed by atoms with E-state index in [1.165, 1.54) is 5.56 Å². The van der Waals surface area contributed by atoms with Crippen LogP contribution in [0.25, 0.3) is 21.2 Å². The van der Waals surface area contributed by atoms with Crippen LogP contribution in [0.3, 0.4) is 0 Å². The van der Waals surface area contributed by atoms with Crippen molar-refractivity contribution in [3.63, 3.8) is 0 Å². The molecule has 37 heavy (non-hydrogen) atoms. The fourth-order valence-electron chi connectivity index (χ4n) is 4.63. The number of carbonyl (C=O) groups excluding carboxylic acids is 2. The lowest BCUT2D eigenvalue weighted by atomic mass is 10.1. The molecule has 1 amide bonds. The number of furan rings is 1. The van der Waals surface area contributed by atoms with Crippen LogP contribution in [-0.2, 0) is 13.0 Å². The quantitative estimate of drug-likeness (QED) is 0.229. The molecule has 0 aliphatic heterocycles. The molecule has 3 aromatic heterocycles. The van der Waals surface area contributed by atoms with E-state index in [4.69, 9.17) is 4.42 Å². The van der Waals surface area contributed by atoms with Crippen molar-refractivity contribution in [2.24, 2.45) is 0 Å². The molecule has 6 heteroatoms. The van der Waals surface area contributed by atoms with Gasteiger partial charge >= 0.3 is 0 Å². The molecule has 6 aromatic rings. The molecule has 0 spiro atoms. The van der Waals surface area contributed by atoms with Gasteiger partial charge < -0.3 is 14.3 Å². The van der Waals surface area contributed by atoms with E-state index >= 15 is 0 Å². The van der Waals surface area contributed by atoms with Crippen LogP contribution in [0, 0.1) is 6.92 Å². The summed E-state index contributed by atoms with van der Waals surface area (Å²) in [6.07, 6.45) is 0.798. The average Bonchev–Trinajstić information content (AvgIpc) is 3.62. The van der Waals surface area contributed by atoms with Crippen molar-refractivity contribution < 1.29 is 14.0 Å². The maximum atomic E-state index is 13.7. The van der Waals surface area contributed by atoms with Gasteiger partial charge in [-0.15, -0.1) is 11.3 Å². The van der Waals surface area contributed by atoms with Crippen LogP contribution in [0.2, 0.25) is 0 Å². The van der Waals surface area contributed by atoms with Gasteiger partial charge in [0.1, 0.15) is 11.3 Å². The lowest BCUT2D eigenvalue weighted by molar-refractivity contribution is 0.101. The Balaban J connectivity index is 1.37. The zero-order chi connectivity index (χ0) is 25.4. The lowest BCUT2D eigenvalue weighted by Crippen LogP contribution is -2.19. The van der Waals surface area contributed by atoms with Crippen LogP contribution in [0.15, 0.2) is 101 Å². The summed E-state index contributed by atoms with van der Waals surface area (Å²) in [7, 11) is 0. The van der Waals surface area contributed by atoms with Crippen molar-refractivity contribution in [3.05, 3.63) is 125 Å². The molecule has 0 fully saturated rings. The Bertz CT molecular complexity index is 1740. The Morgan fingerprint density at radius 2 is 1.68 bits per heavy atom. The molecular formula is C31H24N2O3S. The molecule has 5 nitrogen and oxygen atoms in total. The van der Waals surface area contributed by atoms with E-state index in [2.05, 4.69) is 22.0 Å². The zero-order valence-electron chi connectivity index (χ0n) is 20.2. The monoisotopic (exact) mass is 504 g/mol. The number of aryl methyl sites for hydroxylation is 3. The van der Waals surface area contributed by atoms with Gasteiger partial charge in [-0.25, -0.2) is 0 Å². The largest absolute Gasteiger partial charge is 0.450 e. The second kappa shape index (κ2) is 9.56. The summed E-state index contributed by atoms with van der Waals surface area (Å²) in [5, 5.41) is 5.76. The van der Waals surface area contributed by atoms with E-state index in [0.29, 0.717) is 34.5 Å². The number of hydrogen-bond donors (Lipinski definition) is 1. The Morgan fingerprint density at radius 1 is 0.919 bits per heavy atom. The minimum absolute atomic E-state index is 0.127. The lowest BCUT2D eigenvalue weighted by Gasteiger charge is -2.11. The first-order chi connectivity index (χ1) is 18.1. The third-order valence-corrected chi connectivity index (χ3v) is 7.43. The normalized spacial score (nSPS) is 11.3. The van der Waals surface area contributed by atoms with E-state index in [9.17, 15) is 9.59 Å². The number of aromatic nitrogens is 1. The van der Waals surface area contributed by atoms with Crippen molar-refractivity contribution in [1.82, 2.24) is 4.57 Å². The Labute approximate surface area is 218 Å². The fraction of sp³-hybridized carbons (Fsp3) is 0.0968. The van der Waals surface area contributed by atoms with Crippen molar-refractivity contribution in [3.8, 4) is 0 Å². The third-order valence-electron chi connectivity index (χ3n) is 6.58. The first kappa shape index (κ1) is 23.0. The molecule has 0 aliphatic carbocycles. The number of rotatable bonds is 7. The van der Waals surface area contributed by atoms with Crippen molar-refractivity contribution >= 4 is 49.9 Å². The number of ketones is 1. The number of fused-ring (bicyclic) bond motifs is 2. The Hall–Kier alpha value is -4.42. The van der Waals surface area contributed by atoms with Crippen molar-refractivity contribution in [2.45, 2.75) is 19.9 Å². The topological polar surface area (TPSA) is 64.2 Å². The van der Waals surface area contributed by atoms with Gasteiger partial charge in [0.15, 0.2) is 5.76 Å². The SMILES string of the molecule is Cc1ccc(C(=O)c2oc3ccccc3c2NC(=O)c2cc3sccc3n2CCc2ccccc2)cc1. The van der Waals surface area contributed by atoms with E-state index in [1.807, 2.05) is 73.0 Å². The molecule has 6 rings (SSSR count). The van der Waals surface area contributed by atoms with Gasteiger partial charge in [0.2, 0.25) is 5.78 Å². The molecule has 0 aliphatic rings. The highest BCUT2D eigenvalue weighted by Crippen LogP contribution is 2.34. The Morgan fingerprint density at radius 3 is 2.49 bits per heavy atom. The number of amides is 1. The van der Waals surface area contributed by atoms with Gasteiger partial charge in [0, 0.05) is 17.5 Å². The highest BCUT2D eigenvalue weighted by atomic mass is 32.1. The maximum Gasteiger partial charge on any atom is 0.272 e. The van der Waals surface area contributed by atoms with Gasteiger partial charge in [0.25, 0.3) is 5.91 Å². The predicted octanol–water partition coefficient (Wildman–Crippen LogP) is 7.48. The smallest absolute Gasteiger partial charge is 0.272 e. The standard InChI is InChI=1S/C31H24N2O3S/c1-20-11-13-22(14-12-20)29(34)30-28(23-9-5-6-10-26(23)36-30)32-31(35)25-19-27-24(16-18-37-27)33(25)17-15-21-7-3-2-4-8-21/h2-14,16,18-19H,15,17H2,1H3,(H,32,35). The number of anilines is 1. The molecule has 182 valence electrons. The molecule has 3 heterocycles. The molecule has 0 unspecified atom stereocenters. The van der Waals surface area contributed by atoms with E-state index in [1.54, 1.807) is 29.5 Å². The average molecular weight is 505 g/mol. The minimum Gasteiger partial charge on any atom is -0.450 e. The van der Waals surface area contributed by atoms with Crippen LogP contribution in [0.4, 0.5) is 5.69 Å². The van der Waals surface area contributed by atoms with Crippen LogP contribution in [0.1, 0.15) is 37.7 Å². The number of para-hydroxylation sites is 1. The molecule has 3 aromatic carbocycles. The summed E-state index contributed by atoms with van der Waals surface area (Å²) in [6, 6.07) is 28.9. The van der Waals surface area contributed by atoms with Gasteiger partial charge in [-0.3, -0.25) is 9.59 Å². The van der Waals surface area contributed by atoms with Crippen LogP contribution >= 0.6 is 11.3 Å². The summed E-state index contributed by atoms with van der Waals surface area (Å²) in [4.78, 5) is 27.2. The number of benzene rings is 3. The van der Waals surface area contributed by atoms with E-state index in [-0.39, 0.29) is 17.5 Å². The van der Waals surface area contributed by atoms with Crippen molar-refractivity contribution in [2.75, 3.05) is 5.32 Å². The second-order valence-corrected chi connectivity index (χ2v) is 9.99. The summed E-state index contributed by atoms with van der Waals surface area (Å²) in [6.45, 7) is 2.63. The molecule has 1 N–H and O–H groups in total. The summed E-state index contributed by atoms with van der Waals surface area (Å²) in [5.41, 5.74) is 5.30. The number of nitrogens with one attached hydrogen (secondary N) is 1. The highest BCUT2D eigenvalue weighted by molar-refractivity contribution is 7.17. The minimum atomic E-state index is -0.277. The zero-order valence-corrected chi connectivity index (χ0v) is 21.0. The molecule has 0 radical (unpaired) electrons. The third kappa shape index (κ3) is 4.36. The molecule has 0 atom stereocenters. The van der Waals surface area contributed by atoms with Crippen LogP contribution in [0.5, 0.6) is 0 Å². The second-order valence-electron chi connectivity index (χ2n) is 9.04. The van der Waals surface area contributed by atoms with Gasteiger partial charge in [-0.1, -0.05) is 72.3 Å². The predicted molar refractivity (Wildman–Crippen MR) is 149 cm³/mol. The summed E-state index contributed by atoms with van der Waals surface area (Å²) < 4.78 is 9.09. The van der Waals surface area contributed by atoms with Gasteiger partial charge in [0.05, 0.1) is 15.9 Å². The van der Waals surface area contributed by atoms with Crippen LogP contribution < -0.4 is 5.32 Å². The van der Waals surface area contributed by atoms with Gasteiger partial charge in [-0.05, 0) is 48.6 Å². The number of hydrogen-bond acceptors (Lipinski definition) is 4. The molecule has 0 saturated carbocycles. The molecular weight excluding hydrogens is 480 g/mol. The van der Waals surface area contributed by atoms with Crippen molar-refractivity contribution in [1.29, 1.82) is 0 Å². The summed E-state index contributed by atoms with van der Waals surface area (Å²) in [5.74, 6) is -0.421. The molecule has 0 bridgehead atoms. The maximum absolute atomic E-state index is 13.7. The first-order valence-electron chi connectivity index (χ1n) is 12.1. The first-order valence-corrected chi connectivity index (χ1v) is 13.0. The fourth-order valence-corrected chi connectivity index (χ4v) is 5.46. The number of carbonyl (C=O) groups is 2. The molecule has 0 saturated heterocycles. The van der Waals surface area contributed by atoms with Crippen LogP contribution in [-0.4, -0.2) is 16.3 Å². The number of nitrogens with zero attached hydrogens (tertiary/aromatic N) is 1. The summed E-state index contributed by atoms with van der Waals surface area (Å²) >= 11 is 1.60. The van der Waals surface area contributed by atoms with E-state index < -0.39 is 0 Å².